The van der Waals surface area contributed by atoms with E-state index in [0.29, 0.717) is 25.4 Å². The first kappa shape index (κ1) is 18.0. The molecule has 0 radical (unpaired) electrons. The molecule has 3 rings (SSSR count). The van der Waals surface area contributed by atoms with E-state index in [1.807, 2.05) is 44.2 Å². The maximum Gasteiger partial charge on any atom is 0.277 e. The van der Waals surface area contributed by atoms with Gasteiger partial charge in [-0.15, -0.1) is 5.10 Å². The molecule has 0 bridgehead atoms. The Morgan fingerprint density at radius 3 is 2.77 bits per heavy atom. The number of fused-ring (bicyclic) bond motifs is 1. The second-order valence-corrected chi connectivity index (χ2v) is 5.50. The molecule has 0 unspecified atom stereocenters. The molecule has 8 heteroatoms. The lowest BCUT2D eigenvalue weighted by atomic mass is 10.2. The third-order valence-electron chi connectivity index (χ3n) is 3.71. The lowest BCUT2D eigenvalue weighted by molar-refractivity contribution is -0.145. The van der Waals surface area contributed by atoms with E-state index >= 15 is 0 Å². The predicted molar refractivity (Wildman–Crippen MR) is 96.8 cm³/mol. The van der Waals surface area contributed by atoms with E-state index in [1.54, 1.807) is 12.4 Å². The van der Waals surface area contributed by atoms with Crippen LogP contribution in [0.15, 0.2) is 42.7 Å². The number of rotatable bonds is 8. The van der Waals surface area contributed by atoms with Crippen molar-refractivity contribution in [1.29, 1.82) is 0 Å². The minimum Gasteiger partial charge on any atom is -0.351 e. The van der Waals surface area contributed by atoms with Crippen LogP contribution in [0.5, 0.6) is 0 Å². The van der Waals surface area contributed by atoms with Gasteiger partial charge in [0.2, 0.25) is 0 Å². The lowest BCUT2D eigenvalue weighted by Gasteiger charge is -2.16. The number of amides is 1. The van der Waals surface area contributed by atoms with E-state index < -0.39 is 6.29 Å². The highest BCUT2D eigenvalue weighted by molar-refractivity contribution is 6.07. The van der Waals surface area contributed by atoms with Gasteiger partial charge in [-0.25, -0.2) is 4.68 Å². The van der Waals surface area contributed by atoms with Crippen molar-refractivity contribution in [3.8, 4) is 0 Å². The molecule has 0 aliphatic carbocycles. The Labute approximate surface area is 151 Å². The van der Waals surface area contributed by atoms with Crippen LogP contribution in [0, 0.1) is 0 Å². The van der Waals surface area contributed by atoms with Gasteiger partial charge in [0.25, 0.3) is 5.91 Å². The zero-order valence-electron chi connectivity index (χ0n) is 14.8. The number of anilines is 1. The predicted octanol–water partition coefficient (Wildman–Crippen LogP) is 2.48. The first-order valence-corrected chi connectivity index (χ1v) is 8.49. The van der Waals surface area contributed by atoms with Crippen molar-refractivity contribution in [3.05, 3.63) is 48.4 Å². The molecule has 2 aromatic heterocycles. The summed E-state index contributed by atoms with van der Waals surface area (Å²) in [5, 5.41) is 11.6. The van der Waals surface area contributed by atoms with E-state index in [-0.39, 0.29) is 11.6 Å². The van der Waals surface area contributed by atoms with Crippen LogP contribution in [-0.2, 0) is 16.0 Å². The second-order valence-electron chi connectivity index (χ2n) is 5.50. The monoisotopic (exact) mass is 355 g/mol. The first-order chi connectivity index (χ1) is 12.7. The number of ether oxygens (including phenoxy) is 2. The summed E-state index contributed by atoms with van der Waals surface area (Å²) < 4.78 is 12.5. The molecule has 2 heterocycles. The highest BCUT2D eigenvalue weighted by Crippen LogP contribution is 2.21. The molecule has 1 aromatic carbocycles. The van der Waals surface area contributed by atoms with Gasteiger partial charge in [0.15, 0.2) is 12.0 Å². The summed E-state index contributed by atoms with van der Waals surface area (Å²) in [5.74, 6) is -0.336. The fourth-order valence-corrected chi connectivity index (χ4v) is 2.57. The smallest absolute Gasteiger partial charge is 0.277 e. The topological polar surface area (TPSA) is 91.2 Å². The number of nitrogens with one attached hydrogen (secondary N) is 1. The number of hydrogen-bond acceptors (Lipinski definition) is 6. The molecule has 0 saturated heterocycles. The second kappa shape index (κ2) is 8.50. The van der Waals surface area contributed by atoms with Crippen LogP contribution in [0.2, 0.25) is 0 Å². The summed E-state index contributed by atoms with van der Waals surface area (Å²) in [4.78, 5) is 16.8. The van der Waals surface area contributed by atoms with Crippen LogP contribution >= 0.6 is 0 Å². The highest BCUT2D eigenvalue weighted by atomic mass is 16.7. The normalized spacial score (nSPS) is 11.2. The average molecular weight is 355 g/mol. The Balaban J connectivity index is 1.71. The summed E-state index contributed by atoms with van der Waals surface area (Å²) in [7, 11) is 0. The molecule has 1 N–H and O–H groups in total. The van der Waals surface area contributed by atoms with Crippen LogP contribution in [0.4, 0.5) is 5.69 Å². The third-order valence-corrected chi connectivity index (χ3v) is 3.71. The number of carbonyl (C=O) groups excluding carboxylic acids is 1. The van der Waals surface area contributed by atoms with Gasteiger partial charge in [-0.3, -0.25) is 9.78 Å². The van der Waals surface area contributed by atoms with Gasteiger partial charge in [-0.05, 0) is 38.1 Å². The molecule has 0 aliphatic heterocycles. The Morgan fingerprint density at radius 2 is 2.00 bits per heavy atom. The maximum absolute atomic E-state index is 12.5. The van der Waals surface area contributed by atoms with E-state index in [2.05, 4.69) is 20.6 Å². The van der Waals surface area contributed by atoms with Crippen molar-refractivity contribution in [2.75, 3.05) is 18.5 Å². The standard InChI is InChI=1S/C18H21N5O3/c1-3-25-17(26-4-2)12-23-11-16(21-22-23)18(24)20-15-9-5-8-14-13(15)7-6-10-19-14/h5-11,17H,3-4,12H2,1-2H3,(H,20,24). The van der Waals surface area contributed by atoms with Gasteiger partial charge in [0.1, 0.15) is 0 Å². The van der Waals surface area contributed by atoms with Crippen LogP contribution in [-0.4, -0.2) is 45.4 Å². The highest BCUT2D eigenvalue weighted by Gasteiger charge is 2.15. The Bertz CT molecular complexity index is 869. The number of aromatic nitrogens is 4. The average Bonchev–Trinajstić information content (AvgIpc) is 3.11. The van der Waals surface area contributed by atoms with Crippen LogP contribution < -0.4 is 5.32 Å². The van der Waals surface area contributed by atoms with Crippen molar-refractivity contribution in [3.63, 3.8) is 0 Å². The molecule has 136 valence electrons. The van der Waals surface area contributed by atoms with E-state index in [4.69, 9.17) is 9.47 Å². The van der Waals surface area contributed by atoms with Gasteiger partial charge >= 0.3 is 0 Å². The molecule has 0 fully saturated rings. The van der Waals surface area contributed by atoms with Gasteiger partial charge in [0.05, 0.1) is 23.9 Å². The summed E-state index contributed by atoms with van der Waals surface area (Å²) in [6.07, 6.45) is 2.86. The maximum atomic E-state index is 12.5. The van der Waals surface area contributed by atoms with Crippen LogP contribution in [0.3, 0.4) is 0 Å². The SMILES string of the molecule is CCOC(Cn1cc(C(=O)Nc2cccc3ncccc23)nn1)OCC. The van der Waals surface area contributed by atoms with Crippen molar-refractivity contribution in [1.82, 2.24) is 20.0 Å². The van der Waals surface area contributed by atoms with E-state index in [9.17, 15) is 4.79 Å². The number of hydrogen-bond donors (Lipinski definition) is 1. The largest absolute Gasteiger partial charge is 0.351 e. The molecule has 0 saturated carbocycles. The molecule has 3 aromatic rings. The number of carbonyl (C=O) groups is 1. The number of nitrogens with zero attached hydrogens (tertiary/aromatic N) is 4. The number of pyridine rings is 1. The Kier molecular flexibility index (Phi) is 5.88. The van der Waals surface area contributed by atoms with Gasteiger partial charge < -0.3 is 14.8 Å². The van der Waals surface area contributed by atoms with Crippen molar-refractivity contribution in [2.45, 2.75) is 26.7 Å². The molecule has 0 spiro atoms. The summed E-state index contributed by atoms with van der Waals surface area (Å²) in [6, 6.07) is 9.30. The van der Waals surface area contributed by atoms with E-state index in [0.717, 1.165) is 10.9 Å². The van der Waals surface area contributed by atoms with Gasteiger partial charge in [-0.1, -0.05) is 11.3 Å². The quantitative estimate of drug-likeness (QED) is 0.624. The van der Waals surface area contributed by atoms with Crippen molar-refractivity contribution < 1.29 is 14.3 Å². The molecule has 26 heavy (non-hydrogen) atoms. The van der Waals surface area contributed by atoms with E-state index in [1.165, 1.54) is 4.68 Å². The zero-order chi connectivity index (χ0) is 18.4. The lowest BCUT2D eigenvalue weighted by Crippen LogP contribution is -2.24. The van der Waals surface area contributed by atoms with Gasteiger partial charge in [0, 0.05) is 24.8 Å². The summed E-state index contributed by atoms with van der Waals surface area (Å²) >= 11 is 0. The van der Waals surface area contributed by atoms with Crippen molar-refractivity contribution in [2.24, 2.45) is 0 Å². The first-order valence-electron chi connectivity index (χ1n) is 8.49. The Hall–Kier alpha value is -2.84. The summed E-state index contributed by atoms with van der Waals surface area (Å²) in [6.45, 7) is 5.21. The molecule has 1 amide bonds. The fourth-order valence-electron chi connectivity index (χ4n) is 2.57. The van der Waals surface area contributed by atoms with Crippen molar-refractivity contribution >= 4 is 22.5 Å². The molecular weight excluding hydrogens is 334 g/mol. The minimum atomic E-state index is -0.424. The fraction of sp³-hybridized carbons (Fsp3) is 0.333. The molecule has 0 aliphatic rings. The third kappa shape index (κ3) is 4.22. The summed E-state index contributed by atoms with van der Waals surface area (Å²) in [5.41, 5.74) is 1.71. The van der Waals surface area contributed by atoms with Gasteiger partial charge in [-0.2, -0.15) is 0 Å². The van der Waals surface area contributed by atoms with Crippen LogP contribution in [0.1, 0.15) is 24.3 Å². The molecular formula is C18H21N5O3. The Morgan fingerprint density at radius 1 is 1.19 bits per heavy atom. The zero-order valence-corrected chi connectivity index (χ0v) is 14.8. The number of benzene rings is 1. The minimum absolute atomic E-state index is 0.220. The molecule has 8 nitrogen and oxygen atoms in total. The van der Waals surface area contributed by atoms with Crippen LogP contribution in [0.25, 0.3) is 10.9 Å². The molecule has 0 atom stereocenters.